The minimum Gasteiger partial charge on any atom is -0.356 e. The molecule has 0 bridgehead atoms. The number of carbonyl (C=O) groups is 1. The minimum atomic E-state index is 0.0360. The molecule has 1 heterocycles. The van der Waals surface area contributed by atoms with E-state index >= 15 is 0 Å². The van der Waals surface area contributed by atoms with Crippen molar-refractivity contribution in [2.24, 2.45) is 0 Å². The van der Waals surface area contributed by atoms with Crippen LogP contribution in [0.1, 0.15) is 12.5 Å². The van der Waals surface area contributed by atoms with Gasteiger partial charge < -0.3 is 5.32 Å². The van der Waals surface area contributed by atoms with Gasteiger partial charge in [0.2, 0.25) is 5.91 Å². The maximum atomic E-state index is 11.0. The van der Waals surface area contributed by atoms with Gasteiger partial charge in [0.15, 0.2) is 0 Å². The van der Waals surface area contributed by atoms with Crippen LogP contribution in [0.15, 0.2) is 12.4 Å². The molecule has 0 spiro atoms. The third kappa shape index (κ3) is 2.41. The summed E-state index contributed by atoms with van der Waals surface area (Å²) in [5.41, 5.74) is 0.913. The summed E-state index contributed by atoms with van der Waals surface area (Å²) in [4.78, 5) is 11.0. The van der Waals surface area contributed by atoms with Gasteiger partial charge in [0.1, 0.15) is 0 Å². The van der Waals surface area contributed by atoms with Crippen molar-refractivity contribution in [2.75, 3.05) is 6.54 Å². The fourth-order valence-electron chi connectivity index (χ4n) is 0.819. The predicted molar refractivity (Wildman–Crippen MR) is 41.0 cm³/mol. The van der Waals surface area contributed by atoms with Gasteiger partial charge in [-0.15, -0.1) is 0 Å². The Labute approximate surface area is 65.0 Å². The zero-order chi connectivity index (χ0) is 8.10. The van der Waals surface area contributed by atoms with E-state index in [9.17, 15) is 4.79 Å². The highest BCUT2D eigenvalue weighted by Crippen LogP contribution is 1.93. The molecule has 4 heteroatoms. The van der Waals surface area contributed by atoms with Crippen LogP contribution >= 0.6 is 0 Å². The Morgan fingerprint density at radius 1 is 1.82 bits per heavy atom. The van der Waals surface area contributed by atoms with E-state index in [1.54, 1.807) is 12.4 Å². The van der Waals surface area contributed by atoms with Crippen molar-refractivity contribution in [1.82, 2.24) is 15.5 Å². The first-order valence-electron chi connectivity index (χ1n) is 3.57. The molecule has 0 saturated carbocycles. The lowest BCUT2D eigenvalue weighted by atomic mass is 10.2. The fourth-order valence-corrected chi connectivity index (χ4v) is 0.819. The van der Waals surface area contributed by atoms with Gasteiger partial charge in [-0.3, -0.25) is 9.89 Å². The van der Waals surface area contributed by atoms with Crippen molar-refractivity contribution in [2.45, 2.75) is 13.3 Å². The molecule has 0 radical (unpaired) electrons. The number of likely N-dealkylation sites (N-methyl/N-ethyl adjacent to an activating group) is 1. The van der Waals surface area contributed by atoms with Crippen LogP contribution in [0.3, 0.4) is 0 Å². The van der Waals surface area contributed by atoms with Crippen LogP contribution in [0.5, 0.6) is 0 Å². The van der Waals surface area contributed by atoms with E-state index in [2.05, 4.69) is 15.5 Å². The summed E-state index contributed by atoms with van der Waals surface area (Å²) in [6, 6.07) is 0. The standard InChI is InChI=1S/C7H11N3O/c1-2-8-7(11)3-6-4-9-10-5-6/h4-5H,2-3H2,1H3,(H,8,11)(H,9,10). The summed E-state index contributed by atoms with van der Waals surface area (Å²) in [5, 5.41) is 9.08. The lowest BCUT2D eigenvalue weighted by Gasteiger charge is -1.97. The van der Waals surface area contributed by atoms with E-state index in [-0.39, 0.29) is 5.91 Å². The number of nitrogens with zero attached hydrogens (tertiary/aromatic N) is 1. The molecule has 0 fully saturated rings. The van der Waals surface area contributed by atoms with Gasteiger partial charge in [-0.05, 0) is 12.5 Å². The highest BCUT2D eigenvalue weighted by Gasteiger charge is 2.00. The maximum absolute atomic E-state index is 11.0. The van der Waals surface area contributed by atoms with E-state index in [1.807, 2.05) is 6.92 Å². The molecule has 1 aromatic heterocycles. The lowest BCUT2D eigenvalue weighted by molar-refractivity contribution is -0.120. The molecule has 1 amide bonds. The first-order chi connectivity index (χ1) is 5.33. The average Bonchev–Trinajstić information content (AvgIpc) is 2.40. The number of hydrogen-bond donors (Lipinski definition) is 2. The molecule has 0 atom stereocenters. The van der Waals surface area contributed by atoms with Crippen molar-refractivity contribution in [1.29, 1.82) is 0 Å². The number of hydrogen-bond acceptors (Lipinski definition) is 2. The average molecular weight is 153 g/mol. The summed E-state index contributed by atoms with van der Waals surface area (Å²) in [5.74, 6) is 0.0360. The van der Waals surface area contributed by atoms with Crippen molar-refractivity contribution in [3.05, 3.63) is 18.0 Å². The van der Waals surface area contributed by atoms with Crippen molar-refractivity contribution < 1.29 is 4.79 Å². The van der Waals surface area contributed by atoms with Gasteiger partial charge in [-0.25, -0.2) is 0 Å². The number of carbonyl (C=O) groups excluding carboxylic acids is 1. The second-order valence-corrected chi connectivity index (χ2v) is 2.24. The quantitative estimate of drug-likeness (QED) is 0.646. The summed E-state index contributed by atoms with van der Waals surface area (Å²) in [6.45, 7) is 2.57. The van der Waals surface area contributed by atoms with Crippen LogP contribution in [0.25, 0.3) is 0 Å². The van der Waals surface area contributed by atoms with E-state index < -0.39 is 0 Å². The molecular formula is C7H11N3O. The Hall–Kier alpha value is -1.32. The van der Waals surface area contributed by atoms with Crippen molar-refractivity contribution >= 4 is 5.91 Å². The molecule has 1 rings (SSSR count). The number of H-pyrrole nitrogens is 1. The SMILES string of the molecule is CCNC(=O)Cc1cn[nH]c1. The highest BCUT2D eigenvalue weighted by molar-refractivity contribution is 5.78. The van der Waals surface area contributed by atoms with Gasteiger partial charge in [0.25, 0.3) is 0 Å². The summed E-state index contributed by atoms with van der Waals surface area (Å²) in [6.07, 6.45) is 3.77. The van der Waals surface area contributed by atoms with Gasteiger partial charge in [0, 0.05) is 12.7 Å². The van der Waals surface area contributed by atoms with Crippen molar-refractivity contribution in [3.63, 3.8) is 0 Å². The minimum absolute atomic E-state index is 0.0360. The largest absolute Gasteiger partial charge is 0.356 e. The molecule has 0 aliphatic carbocycles. The monoisotopic (exact) mass is 153 g/mol. The van der Waals surface area contributed by atoms with Crippen LogP contribution < -0.4 is 5.32 Å². The molecule has 60 valence electrons. The Morgan fingerprint density at radius 2 is 2.64 bits per heavy atom. The lowest BCUT2D eigenvalue weighted by Crippen LogP contribution is -2.24. The Morgan fingerprint density at radius 3 is 3.18 bits per heavy atom. The molecule has 11 heavy (non-hydrogen) atoms. The highest BCUT2D eigenvalue weighted by atomic mass is 16.1. The summed E-state index contributed by atoms with van der Waals surface area (Å²) < 4.78 is 0. The smallest absolute Gasteiger partial charge is 0.224 e. The van der Waals surface area contributed by atoms with Crippen LogP contribution in [-0.2, 0) is 11.2 Å². The molecular weight excluding hydrogens is 142 g/mol. The van der Waals surface area contributed by atoms with Gasteiger partial charge in [-0.1, -0.05) is 0 Å². The molecule has 0 unspecified atom stereocenters. The number of aromatic amines is 1. The summed E-state index contributed by atoms with van der Waals surface area (Å²) in [7, 11) is 0. The first kappa shape index (κ1) is 7.78. The van der Waals surface area contributed by atoms with E-state index in [0.29, 0.717) is 13.0 Å². The second kappa shape index (κ2) is 3.75. The summed E-state index contributed by atoms with van der Waals surface area (Å²) >= 11 is 0. The second-order valence-electron chi connectivity index (χ2n) is 2.24. The molecule has 0 aromatic carbocycles. The third-order valence-corrected chi connectivity index (χ3v) is 1.29. The molecule has 0 aliphatic rings. The molecule has 2 N–H and O–H groups in total. The van der Waals surface area contributed by atoms with Crippen LogP contribution in [-0.4, -0.2) is 22.6 Å². The molecule has 1 aromatic rings. The normalized spacial score (nSPS) is 9.55. The predicted octanol–water partition coefficient (Wildman–Crippen LogP) is 0.0883. The van der Waals surface area contributed by atoms with E-state index in [4.69, 9.17) is 0 Å². The first-order valence-corrected chi connectivity index (χ1v) is 3.57. The number of amides is 1. The zero-order valence-corrected chi connectivity index (χ0v) is 6.42. The Bertz CT molecular complexity index is 218. The number of rotatable bonds is 3. The molecule has 0 saturated heterocycles. The zero-order valence-electron chi connectivity index (χ0n) is 6.42. The third-order valence-electron chi connectivity index (χ3n) is 1.29. The molecule has 4 nitrogen and oxygen atoms in total. The van der Waals surface area contributed by atoms with E-state index in [0.717, 1.165) is 5.56 Å². The van der Waals surface area contributed by atoms with Gasteiger partial charge in [-0.2, -0.15) is 5.10 Å². The topological polar surface area (TPSA) is 57.8 Å². The fraction of sp³-hybridized carbons (Fsp3) is 0.429. The van der Waals surface area contributed by atoms with Gasteiger partial charge in [0.05, 0.1) is 12.6 Å². The maximum Gasteiger partial charge on any atom is 0.224 e. The number of aromatic nitrogens is 2. The van der Waals surface area contributed by atoms with Gasteiger partial charge >= 0.3 is 0 Å². The number of nitrogens with one attached hydrogen (secondary N) is 2. The van der Waals surface area contributed by atoms with Crippen LogP contribution in [0.2, 0.25) is 0 Å². The Balaban J connectivity index is 2.37. The van der Waals surface area contributed by atoms with E-state index in [1.165, 1.54) is 0 Å². The van der Waals surface area contributed by atoms with Crippen molar-refractivity contribution in [3.8, 4) is 0 Å². The molecule has 0 aliphatic heterocycles. The van der Waals surface area contributed by atoms with Crippen LogP contribution in [0.4, 0.5) is 0 Å². The van der Waals surface area contributed by atoms with Crippen LogP contribution in [0, 0.1) is 0 Å². The Kier molecular flexibility index (Phi) is 2.66.